The molecule has 5 nitrogen and oxygen atoms in total. The molecule has 2 aliphatic carbocycles. The molecule has 0 N–H and O–H groups in total. The van der Waals surface area contributed by atoms with E-state index in [4.69, 9.17) is 4.74 Å². The number of anilines is 1. The molecule has 2 amide bonds. The second-order valence-corrected chi connectivity index (χ2v) is 7.26. The van der Waals surface area contributed by atoms with Gasteiger partial charge in [0.05, 0.1) is 23.1 Å². The number of fused-ring (bicyclic) bond motifs is 5. The summed E-state index contributed by atoms with van der Waals surface area (Å²) in [5, 5.41) is 0. The minimum absolute atomic E-state index is 0.124. The van der Waals surface area contributed by atoms with Crippen LogP contribution in [0, 0.1) is 23.7 Å². The average molecular weight is 359 g/mol. The Balaban J connectivity index is 1.36. The van der Waals surface area contributed by atoms with E-state index in [9.17, 15) is 14.4 Å². The Labute approximate surface area is 156 Å². The van der Waals surface area contributed by atoms with Gasteiger partial charge in [0.1, 0.15) is 5.75 Å². The van der Waals surface area contributed by atoms with Crippen LogP contribution in [0.25, 0.3) is 0 Å². The van der Waals surface area contributed by atoms with Gasteiger partial charge in [0.25, 0.3) is 0 Å². The molecule has 0 radical (unpaired) electrons. The summed E-state index contributed by atoms with van der Waals surface area (Å²) in [6, 6.07) is 15.3. The Morgan fingerprint density at radius 2 is 1.44 bits per heavy atom. The van der Waals surface area contributed by atoms with Gasteiger partial charge >= 0.3 is 5.97 Å². The summed E-state index contributed by atoms with van der Waals surface area (Å²) in [6.07, 6.45) is 5.05. The molecule has 4 atom stereocenters. The summed E-state index contributed by atoms with van der Waals surface area (Å²) in [6.45, 7) is 0. The molecule has 4 unspecified atom stereocenters. The number of imide groups is 1. The molecule has 2 bridgehead atoms. The van der Waals surface area contributed by atoms with Gasteiger partial charge in [-0.1, -0.05) is 30.4 Å². The second-order valence-electron chi connectivity index (χ2n) is 7.26. The number of benzene rings is 2. The van der Waals surface area contributed by atoms with Gasteiger partial charge in [-0.2, -0.15) is 0 Å². The zero-order valence-electron chi connectivity index (χ0n) is 14.4. The van der Waals surface area contributed by atoms with Crippen molar-refractivity contribution in [3.63, 3.8) is 0 Å². The minimum atomic E-state index is -0.481. The highest BCUT2D eigenvalue weighted by molar-refractivity contribution is 6.22. The van der Waals surface area contributed by atoms with E-state index < -0.39 is 5.97 Å². The van der Waals surface area contributed by atoms with Crippen LogP contribution in [-0.2, 0) is 9.59 Å². The zero-order valence-corrected chi connectivity index (χ0v) is 14.4. The Morgan fingerprint density at radius 3 is 2.04 bits per heavy atom. The number of carbonyl (C=O) groups is 3. The van der Waals surface area contributed by atoms with Gasteiger partial charge in [0.15, 0.2) is 0 Å². The van der Waals surface area contributed by atoms with Crippen molar-refractivity contribution in [3.05, 3.63) is 72.3 Å². The van der Waals surface area contributed by atoms with Crippen molar-refractivity contribution in [2.24, 2.45) is 23.7 Å². The van der Waals surface area contributed by atoms with E-state index >= 15 is 0 Å². The van der Waals surface area contributed by atoms with Crippen LogP contribution in [0.3, 0.4) is 0 Å². The first-order valence-corrected chi connectivity index (χ1v) is 9.07. The molecule has 5 heteroatoms. The van der Waals surface area contributed by atoms with E-state index in [0.29, 0.717) is 17.0 Å². The predicted molar refractivity (Wildman–Crippen MR) is 98.1 cm³/mol. The summed E-state index contributed by atoms with van der Waals surface area (Å²) in [5.41, 5.74) is 0.874. The van der Waals surface area contributed by atoms with Gasteiger partial charge in [0.2, 0.25) is 11.8 Å². The third kappa shape index (κ3) is 2.42. The Hall–Kier alpha value is -3.21. The Morgan fingerprint density at radius 1 is 0.852 bits per heavy atom. The maximum atomic E-state index is 12.8. The predicted octanol–water partition coefficient (Wildman–Crippen LogP) is 3.22. The lowest BCUT2D eigenvalue weighted by Crippen LogP contribution is -2.32. The monoisotopic (exact) mass is 359 g/mol. The molecule has 3 aliphatic rings. The van der Waals surface area contributed by atoms with Gasteiger partial charge in [-0.25, -0.2) is 4.79 Å². The topological polar surface area (TPSA) is 63.7 Å². The standard InChI is InChI=1S/C22H17NO4/c24-20-18-14-6-7-15(12-14)19(18)21(25)23(20)16-10-8-13(9-11-16)22(26)27-17-4-2-1-3-5-17/h1-11,14-15,18-19H,12H2. The van der Waals surface area contributed by atoms with Gasteiger partial charge < -0.3 is 4.74 Å². The lowest BCUT2D eigenvalue weighted by atomic mass is 9.85. The van der Waals surface area contributed by atoms with E-state index in [-0.39, 0.29) is 35.5 Å². The van der Waals surface area contributed by atoms with Crippen molar-refractivity contribution in [2.45, 2.75) is 6.42 Å². The van der Waals surface area contributed by atoms with E-state index in [1.807, 2.05) is 6.07 Å². The first-order chi connectivity index (χ1) is 13.1. The van der Waals surface area contributed by atoms with Gasteiger partial charge in [-0.3, -0.25) is 14.5 Å². The van der Waals surface area contributed by atoms with Crippen molar-refractivity contribution in [2.75, 3.05) is 4.90 Å². The number of rotatable bonds is 3. The van der Waals surface area contributed by atoms with Crippen LogP contribution in [0.2, 0.25) is 0 Å². The molecule has 27 heavy (non-hydrogen) atoms. The number of para-hydroxylation sites is 1. The molecule has 1 saturated heterocycles. The fourth-order valence-corrected chi connectivity index (χ4v) is 4.56. The third-order valence-corrected chi connectivity index (χ3v) is 5.79. The molecule has 134 valence electrons. The number of allylic oxidation sites excluding steroid dienone is 2. The molecule has 5 rings (SSSR count). The highest BCUT2D eigenvalue weighted by Crippen LogP contribution is 2.53. The maximum Gasteiger partial charge on any atom is 0.343 e. The molecule has 2 fully saturated rings. The summed E-state index contributed by atoms with van der Waals surface area (Å²) < 4.78 is 5.31. The van der Waals surface area contributed by atoms with Gasteiger partial charge in [0, 0.05) is 0 Å². The Kier molecular flexibility index (Phi) is 3.50. The lowest BCUT2D eigenvalue weighted by Gasteiger charge is -2.17. The number of ether oxygens (including phenoxy) is 1. The summed E-state index contributed by atoms with van der Waals surface area (Å²) in [4.78, 5) is 39.2. The highest BCUT2D eigenvalue weighted by atomic mass is 16.5. The van der Waals surface area contributed by atoms with Crippen LogP contribution in [-0.4, -0.2) is 17.8 Å². The van der Waals surface area contributed by atoms with Crippen LogP contribution < -0.4 is 9.64 Å². The van der Waals surface area contributed by atoms with Crippen LogP contribution in [0.5, 0.6) is 5.75 Å². The molecule has 0 aromatic heterocycles. The molecule has 2 aromatic carbocycles. The van der Waals surface area contributed by atoms with E-state index in [0.717, 1.165) is 6.42 Å². The van der Waals surface area contributed by atoms with Crippen molar-refractivity contribution < 1.29 is 19.1 Å². The van der Waals surface area contributed by atoms with Crippen molar-refractivity contribution in [1.82, 2.24) is 0 Å². The smallest absolute Gasteiger partial charge is 0.343 e. The van der Waals surface area contributed by atoms with Crippen molar-refractivity contribution in [1.29, 1.82) is 0 Å². The summed E-state index contributed by atoms with van der Waals surface area (Å²) in [5.74, 6) is -0.352. The fraction of sp³-hybridized carbons (Fsp3) is 0.227. The van der Waals surface area contributed by atoms with Crippen molar-refractivity contribution in [3.8, 4) is 5.75 Å². The number of nitrogens with zero attached hydrogens (tertiary/aromatic N) is 1. The number of hydrogen-bond acceptors (Lipinski definition) is 4. The van der Waals surface area contributed by atoms with Crippen LogP contribution in [0.15, 0.2) is 66.7 Å². The fourth-order valence-electron chi connectivity index (χ4n) is 4.56. The lowest BCUT2D eigenvalue weighted by molar-refractivity contribution is -0.123. The minimum Gasteiger partial charge on any atom is -0.423 e. The molecular formula is C22H17NO4. The van der Waals surface area contributed by atoms with Crippen molar-refractivity contribution >= 4 is 23.5 Å². The zero-order chi connectivity index (χ0) is 18.5. The second kappa shape index (κ2) is 5.91. The van der Waals surface area contributed by atoms with Crippen LogP contribution >= 0.6 is 0 Å². The molecular weight excluding hydrogens is 342 g/mol. The molecule has 1 heterocycles. The molecule has 0 spiro atoms. The molecule has 1 aliphatic heterocycles. The third-order valence-electron chi connectivity index (χ3n) is 5.79. The first-order valence-electron chi connectivity index (χ1n) is 9.07. The normalized spacial score (nSPS) is 27.9. The molecule has 2 aromatic rings. The highest BCUT2D eigenvalue weighted by Gasteiger charge is 2.59. The van der Waals surface area contributed by atoms with E-state index in [2.05, 4.69) is 12.2 Å². The first kappa shape index (κ1) is 16.0. The Bertz CT molecular complexity index is 934. The van der Waals surface area contributed by atoms with Crippen LogP contribution in [0.4, 0.5) is 5.69 Å². The SMILES string of the molecule is O=C(Oc1ccccc1)c1ccc(N2C(=O)C3C4C=CC(C4)C3C2=O)cc1. The number of esters is 1. The average Bonchev–Trinajstić information content (AvgIpc) is 3.37. The van der Waals surface area contributed by atoms with Gasteiger partial charge in [-0.05, 0) is 54.7 Å². The number of hydrogen-bond donors (Lipinski definition) is 0. The molecule has 1 saturated carbocycles. The van der Waals surface area contributed by atoms with Gasteiger partial charge in [-0.15, -0.1) is 0 Å². The number of carbonyl (C=O) groups excluding carboxylic acids is 3. The van der Waals surface area contributed by atoms with Crippen LogP contribution in [0.1, 0.15) is 16.8 Å². The summed E-state index contributed by atoms with van der Waals surface area (Å²) in [7, 11) is 0. The largest absolute Gasteiger partial charge is 0.423 e. The van der Waals surface area contributed by atoms with E-state index in [1.54, 1.807) is 48.5 Å². The maximum absolute atomic E-state index is 12.8. The quantitative estimate of drug-likeness (QED) is 0.365. The number of amides is 2. The van der Waals surface area contributed by atoms with E-state index in [1.165, 1.54) is 4.90 Å². The summed E-state index contributed by atoms with van der Waals surface area (Å²) >= 11 is 0.